The summed E-state index contributed by atoms with van der Waals surface area (Å²) in [5, 5.41) is 3.35. The fraction of sp³-hybridized carbons (Fsp3) is 0.680. The van der Waals surface area contributed by atoms with E-state index >= 15 is 0 Å². The van der Waals surface area contributed by atoms with Crippen LogP contribution < -0.4 is 15.0 Å². The van der Waals surface area contributed by atoms with Crippen molar-refractivity contribution in [3.63, 3.8) is 0 Å². The van der Waals surface area contributed by atoms with Crippen LogP contribution >= 0.6 is 0 Å². The lowest BCUT2D eigenvalue weighted by molar-refractivity contribution is -0.148. The number of nitrogens with zero attached hydrogens (tertiary/aromatic N) is 3. The molecule has 200 valence electrons. The molecule has 3 aliphatic rings. The van der Waals surface area contributed by atoms with E-state index in [2.05, 4.69) is 10.2 Å². The molecule has 1 aromatic carbocycles. The normalized spacial score (nSPS) is 24.1. The number of carbonyl (C=O) groups excluding carboxylic acids is 2. The van der Waals surface area contributed by atoms with Crippen LogP contribution in [0.5, 0.6) is 5.75 Å². The van der Waals surface area contributed by atoms with Crippen molar-refractivity contribution in [1.82, 2.24) is 15.1 Å². The van der Waals surface area contributed by atoms with Gasteiger partial charge >= 0.3 is 12.3 Å². The highest BCUT2D eigenvalue weighted by Crippen LogP contribution is 2.32. The van der Waals surface area contributed by atoms with Crippen LogP contribution in [-0.4, -0.2) is 91.9 Å². The van der Waals surface area contributed by atoms with Crippen LogP contribution in [0, 0.1) is 5.92 Å². The van der Waals surface area contributed by atoms with E-state index in [1.807, 2.05) is 11.8 Å². The monoisotopic (exact) mass is 514 g/mol. The Morgan fingerprint density at radius 3 is 2.39 bits per heavy atom. The second-order valence-electron chi connectivity index (χ2n) is 9.89. The predicted octanol–water partition coefficient (Wildman–Crippen LogP) is 2.99. The van der Waals surface area contributed by atoms with Crippen LogP contribution in [0.25, 0.3) is 0 Å². The Bertz CT molecular complexity index is 922. The van der Waals surface area contributed by atoms with E-state index in [1.165, 1.54) is 11.0 Å². The number of alkyl halides is 4. The number of anilines is 1. The lowest BCUT2D eigenvalue weighted by atomic mass is 9.91. The SMILES string of the molecule is CC1C(=O)N(CCCN2CCN(c3ccccc3OCC(F)(F)C(F)F)CC2)C(=O)C1NC1CCC1. The van der Waals surface area contributed by atoms with Crippen molar-refractivity contribution in [2.75, 3.05) is 50.8 Å². The number of likely N-dealkylation sites (tertiary alicyclic amines) is 1. The number of hydrogen-bond donors (Lipinski definition) is 1. The number of hydrogen-bond acceptors (Lipinski definition) is 6. The van der Waals surface area contributed by atoms with Crippen molar-refractivity contribution in [3.8, 4) is 5.75 Å². The minimum atomic E-state index is -4.21. The average Bonchev–Trinajstić information content (AvgIpc) is 3.03. The van der Waals surface area contributed by atoms with Gasteiger partial charge in [0.15, 0.2) is 6.61 Å². The van der Waals surface area contributed by atoms with Crippen LogP contribution in [0.4, 0.5) is 23.2 Å². The van der Waals surface area contributed by atoms with E-state index in [0.717, 1.165) is 25.8 Å². The maximum Gasteiger partial charge on any atom is 0.340 e. The highest BCUT2D eigenvalue weighted by molar-refractivity contribution is 6.06. The molecule has 1 aromatic rings. The Labute approximate surface area is 208 Å². The summed E-state index contributed by atoms with van der Waals surface area (Å²) in [5.74, 6) is -4.65. The van der Waals surface area contributed by atoms with Crippen LogP contribution in [0.1, 0.15) is 32.6 Å². The van der Waals surface area contributed by atoms with Crippen LogP contribution in [0.2, 0.25) is 0 Å². The minimum absolute atomic E-state index is 0.115. The molecule has 1 saturated carbocycles. The van der Waals surface area contributed by atoms with Gasteiger partial charge in [-0.25, -0.2) is 8.78 Å². The first-order valence-corrected chi connectivity index (χ1v) is 12.6. The lowest BCUT2D eigenvalue weighted by Crippen LogP contribution is -2.48. The van der Waals surface area contributed by atoms with Gasteiger partial charge in [0.05, 0.1) is 17.6 Å². The Morgan fingerprint density at radius 2 is 1.75 bits per heavy atom. The Kier molecular flexibility index (Phi) is 8.39. The second kappa shape index (κ2) is 11.3. The van der Waals surface area contributed by atoms with Gasteiger partial charge in [-0.1, -0.05) is 25.5 Å². The smallest absolute Gasteiger partial charge is 0.340 e. The summed E-state index contributed by atoms with van der Waals surface area (Å²) in [6, 6.07) is 6.50. The molecule has 2 atom stereocenters. The molecule has 0 aromatic heterocycles. The number of amides is 2. The third kappa shape index (κ3) is 5.94. The molecule has 1 aliphatic carbocycles. The van der Waals surface area contributed by atoms with Gasteiger partial charge in [0, 0.05) is 38.8 Å². The van der Waals surface area contributed by atoms with Gasteiger partial charge in [-0.3, -0.25) is 19.4 Å². The molecule has 2 heterocycles. The van der Waals surface area contributed by atoms with Crippen molar-refractivity contribution in [2.45, 2.75) is 57.0 Å². The quantitative estimate of drug-likeness (QED) is 0.362. The van der Waals surface area contributed by atoms with Gasteiger partial charge < -0.3 is 15.0 Å². The summed E-state index contributed by atoms with van der Waals surface area (Å²) in [7, 11) is 0. The third-order valence-electron chi connectivity index (χ3n) is 7.38. The number of halogens is 4. The molecule has 0 radical (unpaired) electrons. The first-order chi connectivity index (χ1) is 17.2. The number of ether oxygens (including phenoxy) is 1. The first kappa shape index (κ1) is 26.7. The molecule has 3 fully saturated rings. The highest BCUT2D eigenvalue weighted by atomic mass is 19.3. The molecule has 4 rings (SSSR count). The van der Waals surface area contributed by atoms with E-state index in [9.17, 15) is 27.2 Å². The zero-order chi connectivity index (χ0) is 25.9. The van der Waals surface area contributed by atoms with Gasteiger partial charge in [0.25, 0.3) is 0 Å². The summed E-state index contributed by atoms with van der Waals surface area (Å²) >= 11 is 0. The van der Waals surface area contributed by atoms with Crippen LogP contribution in [0.3, 0.4) is 0 Å². The van der Waals surface area contributed by atoms with E-state index in [0.29, 0.717) is 50.9 Å². The van der Waals surface area contributed by atoms with Crippen molar-refractivity contribution >= 4 is 17.5 Å². The summed E-state index contributed by atoms with van der Waals surface area (Å²) in [4.78, 5) is 31.0. The summed E-state index contributed by atoms with van der Waals surface area (Å²) in [6.45, 7) is 4.16. The topological polar surface area (TPSA) is 65.1 Å². The molecular formula is C25H34F4N4O3. The number of imide groups is 1. The van der Waals surface area contributed by atoms with Gasteiger partial charge in [-0.05, 0) is 37.9 Å². The Balaban J connectivity index is 1.23. The zero-order valence-corrected chi connectivity index (χ0v) is 20.5. The molecule has 7 nitrogen and oxygen atoms in total. The average molecular weight is 515 g/mol. The number of nitrogens with one attached hydrogen (secondary N) is 1. The first-order valence-electron chi connectivity index (χ1n) is 12.6. The second-order valence-corrected chi connectivity index (χ2v) is 9.89. The van der Waals surface area contributed by atoms with Crippen molar-refractivity contribution in [1.29, 1.82) is 0 Å². The predicted molar refractivity (Wildman–Crippen MR) is 127 cm³/mol. The lowest BCUT2D eigenvalue weighted by Gasteiger charge is -2.37. The molecule has 0 spiro atoms. The molecule has 1 N–H and O–H groups in total. The summed E-state index contributed by atoms with van der Waals surface area (Å²) in [6.07, 6.45) is 0.145. The van der Waals surface area contributed by atoms with Crippen LogP contribution in [0.15, 0.2) is 24.3 Å². The third-order valence-corrected chi connectivity index (χ3v) is 7.38. The van der Waals surface area contributed by atoms with Crippen molar-refractivity contribution < 1.29 is 31.9 Å². The molecule has 36 heavy (non-hydrogen) atoms. The number of benzene rings is 1. The van der Waals surface area contributed by atoms with Crippen molar-refractivity contribution in [2.24, 2.45) is 5.92 Å². The fourth-order valence-electron chi connectivity index (χ4n) is 4.89. The van der Waals surface area contributed by atoms with E-state index in [-0.39, 0.29) is 23.5 Å². The molecule has 0 bridgehead atoms. The number of piperazine rings is 1. The summed E-state index contributed by atoms with van der Waals surface area (Å²) in [5.41, 5.74) is 0.592. The number of rotatable bonds is 11. The largest absolute Gasteiger partial charge is 0.485 e. The minimum Gasteiger partial charge on any atom is -0.485 e. The summed E-state index contributed by atoms with van der Waals surface area (Å²) < 4.78 is 56.6. The van der Waals surface area contributed by atoms with Gasteiger partial charge in [-0.2, -0.15) is 8.78 Å². The van der Waals surface area contributed by atoms with Gasteiger partial charge in [0.2, 0.25) is 11.8 Å². The molecule has 2 unspecified atom stereocenters. The van der Waals surface area contributed by atoms with Crippen molar-refractivity contribution in [3.05, 3.63) is 24.3 Å². The number of carbonyl (C=O) groups is 2. The molecular weight excluding hydrogens is 480 g/mol. The van der Waals surface area contributed by atoms with Gasteiger partial charge in [0.1, 0.15) is 5.75 Å². The fourth-order valence-corrected chi connectivity index (χ4v) is 4.89. The Hall–Kier alpha value is -2.40. The molecule has 11 heteroatoms. The number of para-hydroxylation sites is 2. The van der Waals surface area contributed by atoms with Gasteiger partial charge in [-0.15, -0.1) is 0 Å². The van der Waals surface area contributed by atoms with E-state index in [4.69, 9.17) is 4.74 Å². The van der Waals surface area contributed by atoms with E-state index < -0.39 is 25.0 Å². The Morgan fingerprint density at radius 1 is 1.06 bits per heavy atom. The molecule has 2 saturated heterocycles. The highest BCUT2D eigenvalue weighted by Gasteiger charge is 2.46. The maximum absolute atomic E-state index is 13.3. The molecule has 2 amide bonds. The zero-order valence-electron chi connectivity index (χ0n) is 20.5. The van der Waals surface area contributed by atoms with Crippen LogP contribution in [-0.2, 0) is 9.59 Å². The maximum atomic E-state index is 13.3. The standard InChI is InChI=1S/C25H34F4N4O3/c1-17-21(30-18-6-4-7-18)23(35)33(22(17)34)11-5-10-31-12-14-32(15-13-31)19-8-2-3-9-20(19)36-16-25(28,29)24(26)27/h2-3,8-9,17-18,21,24,30H,4-7,10-16H2,1H3. The van der Waals surface area contributed by atoms with E-state index in [1.54, 1.807) is 18.2 Å². The molecule has 2 aliphatic heterocycles.